The molecule has 2 aromatic rings. The molecule has 2 rings (SSSR count). The Labute approximate surface area is 120 Å². The van der Waals surface area contributed by atoms with Gasteiger partial charge in [0.2, 0.25) is 0 Å². The number of hydrogen-bond acceptors (Lipinski definition) is 1. The summed E-state index contributed by atoms with van der Waals surface area (Å²) in [5, 5.41) is 0. The molecule has 1 unspecified atom stereocenters. The standard InChI is InChI=1S/C15H16BrFS/c1-15(2,3)13-9-8-12(18-13)14(16)10-6-4-5-7-11(10)17/h4-9,14H,1-3H3. The van der Waals surface area contributed by atoms with E-state index in [1.807, 2.05) is 12.1 Å². The Balaban J connectivity index is 2.33. The lowest BCUT2D eigenvalue weighted by atomic mass is 9.95. The smallest absolute Gasteiger partial charge is 0.127 e. The van der Waals surface area contributed by atoms with Gasteiger partial charge in [-0.05, 0) is 23.6 Å². The van der Waals surface area contributed by atoms with Crippen molar-refractivity contribution in [2.45, 2.75) is 31.0 Å². The van der Waals surface area contributed by atoms with Crippen LogP contribution in [0.5, 0.6) is 0 Å². The fraction of sp³-hybridized carbons (Fsp3) is 0.333. The van der Waals surface area contributed by atoms with Crippen LogP contribution >= 0.6 is 27.3 Å². The summed E-state index contributed by atoms with van der Waals surface area (Å²) in [4.78, 5) is 2.39. The predicted molar refractivity (Wildman–Crippen MR) is 80.2 cm³/mol. The molecule has 1 aromatic carbocycles. The van der Waals surface area contributed by atoms with E-state index in [1.165, 1.54) is 10.9 Å². The monoisotopic (exact) mass is 326 g/mol. The van der Waals surface area contributed by atoms with Gasteiger partial charge < -0.3 is 0 Å². The second-order valence-electron chi connectivity index (χ2n) is 5.34. The third-order valence-corrected chi connectivity index (χ3v) is 5.66. The first-order valence-electron chi connectivity index (χ1n) is 5.88. The summed E-state index contributed by atoms with van der Waals surface area (Å²) in [5.41, 5.74) is 0.838. The summed E-state index contributed by atoms with van der Waals surface area (Å²) in [5.74, 6) is -0.162. The van der Waals surface area contributed by atoms with E-state index in [0.29, 0.717) is 5.56 Å². The van der Waals surface area contributed by atoms with Crippen LogP contribution in [-0.4, -0.2) is 0 Å². The minimum absolute atomic E-state index is 0.0696. The fourth-order valence-electron chi connectivity index (χ4n) is 1.73. The van der Waals surface area contributed by atoms with Crippen LogP contribution < -0.4 is 0 Å². The lowest BCUT2D eigenvalue weighted by Gasteiger charge is -2.15. The highest BCUT2D eigenvalue weighted by Crippen LogP contribution is 2.39. The molecular weight excluding hydrogens is 311 g/mol. The first kappa shape index (κ1) is 13.8. The van der Waals surface area contributed by atoms with Crippen molar-refractivity contribution in [2.24, 2.45) is 0 Å². The molecule has 3 heteroatoms. The van der Waals surface area contributed by atoms with Crippen LogP contribution in [0.2, 0.25) is 0 Å². The summed E-state index contributed by atoms with van der Waals surface area (Å²) in [6.45, 7) is 6.57. The number of alkyl halides is 1. The molecule has 1 heterocycles. The lowest BCUT2D eigenvalue weighted by Crippen LogP contribution is -2.07. The molecule has 0 nitrogen and oxygen atoms in total. The van der Waals surface area contributed by atoms with Crippen LogP contribution in [0.1, 0.15) is 40.9 Å². The number of rotatable bonds is 2. The summed E-state index contributed by atoms with van der Waals surface area (Å²) < 4.78 is 13.7. The van der Waals surface area contributed by atoms with Crippen molar-refractivity contribution >= 4 is 27.3 Å². The topological polar surface area (TPSA) is 0 Å². The Morgan fingerprint density at radius 2 is 1.78 bits per heavy atom. The molecule has 0 bridgehead atoms. The molecule has 0 saturated heterocycles. The van der Waals surface area contributed by atoms with E-state index in [9.17, 15) is 4.39 Å². The van der Waals surface area contributed by atoms with Gasteiger partial charge in [0.1, 0.15) is 5.82 Å². The number of hydrogen-bond donors (Lipinski definition) is 0. The molecule has 0 amide bonds. The maximum Gasteiger partial charge on any atom is 0.127 e. The maximum atomic E-state index is 13.7. The molecule has 0 aliphatic carbocycles. The van der Waals surface area contributed by atoms with Gasteiger partial charge in [0.05, 0.1) is 4.83 Å². The Morgan fingerprint density at radius 1 is 1.11 bits per heavy atom. The van der Waals surface area contributed by atoms with E-state index in [-0.39, 0.29) is 16.1 Å². The van der Waals surface area contributed by atoms with Crippen molar-refractivity contribution in [2.75, 3.05) is 0 Å². The molecule has 0 aliphatic rings. The van der Waals surface area contributed by atoms with Crippen molar-refractivity contribution in [1.29, 1.82) is 0 Å². The first-order chi connectivity index (χ1) is 8.39. The van der Waals surface area contributed by atoms with E-state index in [2.05, 4.69) is 48.8 Å². The zero-order chi connectivity index (χ0) is 13.3. The molecule has 96 valence electrons. The average molecular weight is 327 g/mol. The van der Waals surface area contributed by atoms with Crippen LogP contribution in [-0.2, 0) is 5.41 Å². The van der Waals surface area contributed by atoms with Crippen molar-refractivity contribution in [3.8, 4) is 0 Å². The Morgan fingerprint density at radius 3 is 2.33 bits per heavy atom. The van der Waals surface area contributed by atoms with Crippen LogP contribution in [0.4, 0.5) is 4.39 Å². The quantitative estimate of drug-likeness (QED) is 0.624. The van der Waals surface area contributed by atoms with Crippen LogP contribution in [0.25, 0.3) is 0 Å². The highest BCUT2D eigenvalue weighted by atomic mass is 79.9. The van der Waals surface area contributed by atoms with E-state index in [1.54, 1.807) is 17.4 Å². The van der Waals surface area contributed by atoms with Gasteiger partial charge in [-0.25, -0.2) is 4.39 Å². The highest BCUT2D eigenvalue weighted by molar-refractivity contribution is 9.09. The number of halogens is 2. The SMILES string of the molecule is CC(C)(C)c1ccc(C(Br)c2ccccc2F)s1. The molecule has 18 heavy (non-hydrogen) atoms. The predicted octanol–water partition coefficient (Wildman–Crippen LogP) is 5.67. The zero-order valence-corrected chi connectivity index (χ0v) is 13.1. The zero-order valence-electron chi connectivity index (χ0n) is 10.7. The second-order valence-corrected chi connectivity index (χ2v) is 7.37. The molecule has 0 radical (unpaired) electrons. The second kappa shape index (κ2) is 5.14. The third kappa shape index (κ3) is 2.83. The van der Waals surface area contributed by atoms with Crippen LogP contribution in [0, 0.1) is 5.82 Å². The Hall–Kier alpha value is -0.670. The summed E-state index contributed by atoms with van der Waals surface area (Å²) in [7, 11) is 0. The number of thiophene rings is 1. The number of benzene rings is 1. The van der Waals surface area contributed by atoms with Gasteiger partial charge in [0.25, 0.3) is 0 Å². The molecular formula is C15H16BrFS. The summed E-state index contributed by atoms with van der Waals surface area (Å²) in [6, 6.07) is 11.1. The molecule has 0 saturated carbocycles. The van der Waals surface area contributed by atoms with E-state index in [0.717, 1.165) is 4.88 Å². The highest BCUT2D eigenvalue weighted by Gasteiger charge is 2.20. The molecule has 0 spiro atoms. The van der Waals surface area contributed by atoms with Crippen LogP contribution in [0.15, 0.2) is 36.4 Å². The molecule has 0 N–H and O–H groups in total. The van der Waals surface area contributed by atoms with E-state index < -0.39 is 0 Å². The largest absolute Gasteiger partial charge is 0.207 e. The molecule has 0 aliphatic heterocycles. The minimum Gasteiger partial charge on any atom is -0.207 e. The van der Waals surface area contributed by atoms with Crippen molar-refractivity contribution in [3.63, 3.8) is 0 Å². The minimum atomic E-state index is -0.162. The molecule has 0 fully saturated rings. The van der Waals surface area contributed by atoms with Crippen molar-refractivity contribution in [3.05, 3.63) is 57.5 Å². The normalized spacial score (nSPS) is 13.6. The maximum absolute atomic E-state index is 13.7. The van der Waals surface area contributed by atoms with Crippen molar-refractivity contribution < 1.29 is 4.39 Å². The Bertz CT molecular complexity index is 539. The van der Waals surface area contributed by atoms with Gasteiger partial charge in [0.15, 0.2) is 0 Å². The average Bonchev–Trinajstić information content (AvgIpc) is 2.77. The van der Waals surface area contributed by atoms with E-state index in [4.69, 9.17) is 0 Å². The lowest BCUT2D eigenvalue weighted by molar-refractivity contribution is 0.604. The van der Waals surface area contributed by atoms with Gasteiger partial charge in [-0.3, -0.25) is 0 Å². The molecule has 1 atom stereocenters. The van der Waals surface area contributed by atoms with Gasteiger partial charge in [-0.2, -0.15) is 0 Å². The Kier molecular flexibility index (Phi) is 3.93. The fourth-order valence-corrected chi connectivity index (χ4v) is 3.59. The van der Waals surface area contributed by atoms with Crippen LogP contribution in [0.3, 0.4) is 0 Å². The molecule has 1 aromatic heterocycles. The third-order valence-electron chi connectivity index (χ3n) is 2.79. The van der Waals surface area contributed by atoms with Gasteiger partial charge in [-0.15, -0.1) is 11.3 Å². The van der Waals surface area contributed by atoms with E-state index >= 15 is 0 Å². The van der Waals surface area contributed by atoms with Crippen molar-refractivity contribution in [1.82, 2.24) is 0 Å². The van der Waals surface area contributed by atoms with Gasteiger partial charge >= 0.3 is 0 Å². The summed E-state index contributed by atoms with van der Waals surface area (Å²) in [6.07, 6.45) is 0. The summed E-state index contributed by atoms with van der Waals surface area (Å²) >= 11 is 5.33. The van der Waals surface area contributed by atoms with Gasteiger partial charge in [-0.1, -0.05) is 54.9 Å². The van der Waals surface area contributed by atoms with Gasteiger partial charge in [0, 0.05) is 15.3 Å². The first-order valence-corrected chi connectivity index (χ1v) is 7.61.